The van der Waals surface area contributed by atoms with E-state index in [1.54, 1.807) is 6.92 Å². The van der Waals surface area contributed by atoms with Gasteiger partial charge in [0.2, 0.25) is 5.91 Å². The number of thiazole rings is 1. The van der Waals surface area contributed by atoms with Crippen molar-refractivity contribution in [2.75, 3.05) is 18.3 Å². The Kier molecular flexibility index (Phi) is 6.07. The Morgan fingerprint density at radius 1 is 1.50 bits per heavy atom. The van der Waals surface area contributed by atoms with Crippen LogP contribution in [0.5, 0.6) is 0 Å². The molecule has 0 aromatic carbocycles. The number of anilines is 1. The van der Waals surface area contributed by atoms with E-state index in [9.17, 15) is 9.59 Å². The third kappa shape index (κ3) is 4.62. The SMILES string of the molecule is COC(=O)Cc1sc(NC(=O)CCCCl)nc1C. The number of rotatable bonds is 6. The van der Waals surface area contributed by atoms with E-state index < -0.39 is 0 Å². The van der Waals surface area contributed by atoms with Crippen LogP contribution in [0.3, 0.4) is 0 Å². The first-order chi connectivity index (χ1) is 8.56. The number of nitrogens with one attached hydrogen (secondary N) is 1. The lowest BCUT2D eigenvalue weighted by Crippen LogP contribution is -2.10. The number of nitrogens with zero attached hydrogens (tertiary/aromatic N) is 1. The van der Waals surface area contributed by atoms with Crippen molar-refractivity contribution in [3.05, 3.63) is 10.6 Å². The van der Waals surface area contributed by atoms with Gasteiger partial charge in [0.05, 0.1) is 19.2 Å². The standard InChI is InChI=1S/C11H15ClN2O3S/c1-7-8(6-10(16)17-2)18-11(13-7)14-9(15)4-3-5-12/h3-6H2,1-2H3,(H,13,14,15). The molecule has 100 valence electrons. The molecule has 0 radical (unpaired) electrons. The molecule has 7 heteroatoms. The van der Waals surface area contributed by atoms with Gasteiger partial charge in [-0.15, -0.1) is 22.9 Å². The molecule has 0 aliphatic carbocycles. The van der Waals surface area contributed by atoms with Gasteiger partial charge in [0.25, 0.3) is 0 Å². The molecule has 0 unspecified atom stereocenters. The fourth-order valence-corrected chi connectivity index (χ4v) is 2.36. The minimum absolute atomic E-state index is 0.117. The molecule has 0 aliphatic heterocycles. The van der Waals surface area contributed by atoms with Crippen molar-refractivity contribution in [1.82, 2.24) is 4.98 Å². The highest BCUT2D eigenvalue weighted by atomic mass is 35.5. The fourth-order valence-electron chi connectivity index (χ4n) is 1.26. The predicted molar refractivity (Wildman–Crippen MR) is 71.2 cm³/mol. The van der Waals surface area contributed by atoms with E-state index in [0.29, 0.717) is 23.9 Å². The zero-order valence-corrected chi connectivity index (χ0v) is 11.9. The third-order valence-corrected chi connectivity index (χ3v) is 3.55. The van der Waals surface area contributed by atoms with Crippen LogP contribution in [-0.2, 0) is 20.7 Å². The molecule has 1 amide bonds. The summed E-state index contributed by atoms with van der Waals surface area (Å²) < 4.78 is 4.59. The Morgan fingerprint density at radius 3 is 2.83 bits per heavy atom. The van der Waals surface area contributed by atoms with Gasteiger partial charge in [0, 0.05) is 17.2 Å². The molecular weight excluding hydrogens is 276 g/mol. The first-order valence-corrected chi connectivity index (χ1v) is 6.81. The summed E-state index contributed by atoms with van der Waals surface area (Å²) in [5.74, 6) is 0.0218. The first kappa shape index (κ1) is 14.9. The molecule has 0 atom stereocenters. The lowest BCUT2D eigenvalue weighted by Gasteiger charge is -1.98. The maximum Gasteiger partial charge on any atom is 0.310 e. The number of aromatic nitrogens is 1. The average Bonchev–Trinajstić information content (AvgIpc) is 2.66. The topological polar surface area (TPSA) is 68.3 Å². The highest BCUT2D eigenvalue weighted by molar-refractivity contribution is 7.16. The molecule has 5 nitrogen and oxygen atoms in total. The van der Waals surface area contributed by atoms with Gasteiger partial charge in [-0.3, -0.25) is 9.59 Å². The summed E-state index contributed by atoms with van der Waals surface area (Å²) in [6.45, 7) is 1.79. The molecule has 0 saturated carbocycles. The Labute approximate surface area is 115 Å². The number of carbonyl (C=O) groups is 2. The molecule has 1 rings (SSSR count). The summed E-state index contributed by atoms with van der Waals surface area (Å²) in [6.07, 6.45) is 1.18. The van der Waals surface area contributed by atoms with Crippen molar-refractivity contribution < 1.29 is 14.3 Å². The maximum atomic E-state index is 11.5. The van der Waals surface area contributed by atoms with Gasteiger partial charge in [0.1, 0.15) is 0 Å². The minimum Gasteiger partial charge on any atom is -0.469 e. The molecule has 0 aliphatic rings. The van der Waals surface area contributed by atoms with Gasteiger partial charge in [0.15, 0.2) is 5.13 Å². The molecule has 0 spiro atoms. The Morgan fingerprint density at radius 2 is 2.22 bits per heavy atom. The highest BCUT2D eigenvalue weighted by Crippen LogP contribution is 2.23. The maximum absolute atomic E-state index is 11.5. The van der Waals surface area contributed by atoms with Crippen molar-refractivity contribution in [2.45, 2.75) is 26.2 Å². The van der Waals surface area contributed by atoms with Gasteiger partial charge >= 0.3 is 5.97 Å². The molecule has 1 aromatic heterocycles. The second kappa shape index (κ2) is 7.33. The van der Waals surface area contributed by atoms with E-state index in [0.717, 1.165) is 10.6 Å². The third-order valence-electron chi connectivity index (χ3n) is 2.21. The highest BCUT2D eigenvalue weighted by Gasteiger charge is 2.13. The van der Waals surface area contributed by atoms with Gasteiger partial charge in [-0.25, -0.2) is 4.98 Å². The molecule has 0 fully saturated rings. The van der Waals surface area contributed by atoms with Crippen molar-refractivity contribution in [1.29, 1.82) is 0 Å². The summed E-state index contributed by atoms with van der Waals surface area (Å²) >= 11 is 6.79. The Bertz CT molecular complexity index is 434. The number of amides is 1. The summed E-state index contributed by atoms with van der Waals surface area (Å²) in [5.41, 5.74) is 0.734. The lowest BCUT2D eigenvalue weighted by atomic mass is 10.3. The molecule has 18 heavy (non-hydrogen) atoms. The van der Waals surface area contributed by atoms with Crippen molar-refractivity contribution in [3.63, 3.8) is 0 Å². The van der Waals surface area contributed by atoms with Crippen LogP contribution in [0.25, 0.3) is 0 Å². The quantitative estimate of drug-likeness (QED) is 0.644. The second-order valence-electron chi connectivity index (χ2n) is 3.62. The van der Waals surface area contributed by atoms with E-state index >= 15 is 0 Å². The van der Waals surface area contributed by atoms with Crippen LogP contribution in [-0.4, -0.2) is 29.9 Å². The number of hydrogen-bond donors (Lipinski definition) is 1. The second-order valence-corrected chi connectivity index (χ2v) is 5.08. The van der Waals surface area contributed by atoms with E-state index in [-0.39, 0.29) is 18.3 Å². The van der Waals surface area contributed by atoms with Gasteiger partial charge < -0.3 is 10.1 Å². The largest absolute Gasteiger partial charge is 0.469 e. The van der Waals surface area contributed by atoms with Gasteiger partial charge in [-0.2, -0.15) is 0 Å². The summed E-state index contributed by atoms with van der Waals surface area (Å²) in [4.78, 5) is 27.6. The van der Waals surface area contributed by atoms with Crippen LogP contribution < -0.4 is 5.32 Å². The van der Waals surface area contributed by atoms with Crippen molar-refractivity contribution in [3.8, 4) is 0 Å². The van der Waals surface area contributed by atoms with E-state index in [4.69, 9.17) is 11.6 Å². The number of hydrogen-bond acceptors (Lipinski definition) is 5. The van der Waals surface area contributed by atoms with Crippen LogP contribution in [0.15, 0.2) is 0 Å². The van der Waals surface area contributed by atoms with Crippen molar-refractivity contribution >= 4 is 39.9 Å². The smallest absolute Gasteiger partial charge is 0.310 e. The Hall–Kier alpha value is -1.14. The molecular formula is C11H15ClN2O3S. The summed E-state index contributed by atoms with van der Waals surface area (Å²) in [7, 11) is 1.34. The van der Waals surface area contributed by atoms with Crippen LogP contribution in [0, 0.1) is 6.92 Å². The fraction of sp³-hybridized carbons (Fsp3) is 0.545. The number of methoxy groups -OCH3 is 1. The number of alkyl halides is 1. The molecule has 0 saturated heterocycles. The average molecular weight is 291 g/mol. The minimum atomic E-state index is -0.318. The monoisotopic (exact) mass is 290 g/mol. The molecule has 0 bridgehead atoms. The number of esters is 1. The summed E-state index contributed by atoms with van der Waals surface area (Å²) in [5, 5.41) is 3.19. The molecule has 1 N–H and O–H groups in total. The number of halogens is 1. The van der Waals surface area contributed by atoms with E-state index in [1.165, 1.54) is 18.4 Å². The normalized spacial score (nSPS) is 10.2. The van der Waals surface area contributed by atoms with Gasteiger partial charge in [-0.1, -0.05) is 0 Å². The number of carbonyl (C=O) groups excluding carboxylic acids is 2. The van der Waals surface area contributed by atoms with E-state index in [2.05, 4.69) is 15.0 Å². The van der Waals surface area contributed by atoms with Crippen LogP contribution in [0.2, 0.25) is 0 Å². The number of ether oxygens (including phenoxy) is 1. The van der Waals surface area contributed by atoms with Gasteiger partial charge in [-0.05, 0) is 13.3 Å². The molecule has 1 heterocycles. The van der Waals surface area contributed by atoms with Crippen LogP contribution >= 0.6 is 22.9 Å². The lowest BCUT2D eigenvalue weighted by molar-refractivity contribution is -0.139. The van der Waals surface area contributed by atoms with Crippen LogP contribution in [0.4, 0.5) is 5.13 Å². The van der Waals surface area contributed by atoms with Crippen LogP contribution in [0.1, 0.15) is 23.4 Å². The van der Waals surface area contributed by atoms with E-state index in [1.807, 2.05) is 0 Å². The zero-order chi connectivity index (χ0) is 13.5. The summed E-state index contributed by atoms with van der Waals surface area (Å²) in [6, 6.07) is 0. The first-order valence-electron chi connectivity index (χ1n) is 5.45. The number of aryl methyl sites for hydroxylation is 1. The van der Waals surface area contributed by atoms with Crippen molar-refractivity contribution in [2.24, 2.45) is 0 Å². The predicted octanol–water partition coefficient (Wildman–Crippen LogP) is 2.12. The zero-order valence-electron chi connectivity index (χ0n) is 10.3. The Balaban J connectivity index is 2.60. The molecule has 1 aromatic rings.